The molecule has 0 radical (unpaired) electrons. The van der Waals surface area contributed by atoms with E-state index in [9.17, 15) is 9.18 Å². The molecule has 0 bridgehead atoms. The highest BCUT2D eigenvalue weighted by Gasteiger charge is 2.13. The Labute approximate surface area is 150 Å². The Morgan fingerprint density at radius 3 is 2.52 bits per heavy atom. The molecule has 0 spiro atoms. The molecule has 0 fully saturated rings. The smallest absolute Gasteiger partial charge is 0.264 e. The van der Waals surface area contributed by atoms with Crippen molar-refractivity contribution in [3.05, 3.63) is 47.2 Å². The number of aryl methyl sites for hydroxylation is 1. The average Bonchev–Trinajstić information content (AvgIpc) is 3.16. The summed E-state index contributed by atoms with van der Waals surface area (Å²) in [6.07, 6.45) is 0. The van der Waals surface area contributed by atoms with E-state index in [0.29, 0.717) is 10.9 Å². The standard InChI is InChI=1S/C17H12FN3O2S2/c1-9-19-12-6-7-13-16(15(12)24-9)25-17(20-13)21-14(22)8-23-11-4-2-10(18)3-5-11/h2-7H,8H2,1H3,(H,20,21,22). The number of hydrogen-bond donors (Lipinski definition) is 1. The summed E-state index contributed by atoms with van der Waals surface area (Å²) < 4.78 is 20.3. The summed E-state index contributed by atoms with van der Waals surface area (Å²) in [6.45, 7) is 1.80. The van der Waals surface area contributed by atoms with Gasteiger partial charge in [0, 0.05) is 0 Å². The van der Waals surface area contributed by atoms with Crippen LogP contribution in [-0.2, 0) is 4.79 Å². The number of amides is 1. The molecule has 1 amide bonds. The number of benzene rings is 2. The molecule has 0 saturated carbocycles. The average molecular weight is 373 g/mol. The van der Waals surface area contributed by atoms with Gasteiger partial charge < -0.3 is 4.74 Å². The van der Waals surface area contributed by atoms with Crippen molar-refractivity contribution in [3.63, 3.8) is 0 Å². The first-order valence-corrected chi connectivity index (χ1v) is 9.07. The molecule has 4 aromatic rings. The van der Waals surface area contributed by atoms with Crippen LogP contribution in [0.1, 0.15) is 5.01 Å². The van der Waals surface area contributed by atoms with Crippen molar-refractivity contribution in [3.8, 4) is 5.75 Å². The quantitative estimate of drug-likeness (QED) is 0.577. The summed E-state index contributed by atoms with van der Waals surface area (Å²) >= 11 is 3.03. The molecular weight excluding hydrogens is 361 g/mol. The maximum Gasteiger partial charge on any atom is 0.264 e. The fraction of sp³-hybridized carbons (Fsp3) is 0.118. The Bertz CT molecular complexity index is 1070. The largest absolute Gasteiger partial charge is 0.484 e. The lowest BCUT2D eigenvalue weighted by Crippen LogP contribution is -2.19. The van der Waals surface area contributed by atoms with Crippen molar-refractivity contribution in [2.75, 3.05) is 11.9 Å². The van der Waals surface area contributed by atoms with Crippen LogP contribution in [0.4, 0.5) is 9.52 Å². The fourth-order valence-electron chi connectivity index (χ4n) is 2.37. The Balaban J connectivity index is 1.49. The second-order valence-electron chi connectivity index (χ2n) is 5.30. The van der Waals surface area contributed by atoms with Gasteiger partial charge in [-0.3, -0.25) is 10.1 Å². The topological polar surface area (TPSA) is 64.1 Å². The number of halogens is 1. The van der Waals surface area contributed by atoms with Gasteiger partial charge in [0.2, 0.25) is 0 Å². The molecule has 8 heteroatoms. The zero-order valence-electron chi connectivity index (χ0n) is 13.1. The van der Waals surface area contributed by atoms with Gasteiger partial charge in [-0.15, -0.1) is 11.3 Å². The SMILES string of the molecule is Cc1nc2ccc3nc(NC(=O)COc4ccc(F)cc4)sc3c2s1. The molecule has 0 saturated heterocycles. The molecule has 5 nitrogen and oxygen atoms in total. The number of thiazole rings is 2. The van der Waals surface area contributed by atoms with Crippen molar-refractivity contribution < 1.29 is 13.9 Å². The van der Waals surface area contributed by atoms with Crippen LogP contribution in [0, 0.1) is 12.7 Å². The van der Waals surface area contributed by atoms with E-state index in [1.165, 1.54) is 35.6 Å². The van der Waals surface area contributed by atoms with Gasteiger partial charge in [0.15, 0.2) is 11.7 Å². The second kappa shape index (κ2) is 6.38. The van der Waals surface area contributed by atoms with Gasteiger partial charge in [0.1, 0.15) is 11.6 Å². The normalized spacial score (nSPS) is 11.1. The van der Waals surface area contributed by atoms with Crippen LogP contribution in [0.2, 0.25) is 0 Å². The van der Waals surface area contributed by atoms with Gasteiger partial charge in [-0.2, -0.15) is 0 Å². The lowest BCUT2D eigenvalue weighted by Gasteiger charge is -2.05. The Hall–Kier alpha value is -2.58. The molecule has 0 aliphatic rings. The Morgan fingerprint density at radius 2 is 1.76 bits per heavy atom. The van der Waals surface area contributed by atoms with E-state index >= 15 is 0 Å². The minimum Gasteiger partial charge on any atom is -0.484 e. The first-order chi connectivity index (χ1) is 12.1. The van der Waals surface area contributed by atoms with E-state index in [1.807, 2.05) is 19.1 Å². The zero-order chi connectivity index (χ0) is 17.4. The molecule has 4 rings (SSSR count). The number of ether oxygens (including phenoxy) is 1. The molecule has 2 aromatic heterocycles. The van der Waals surface area contributed by atoms with Crippen molar-refractivity contribution in [1.29, 1.82) is 0 Å². The third-order valence-corrected chi connectivity index (χ3v) is 5.59. The third-order valence-electron chi connectivity index (χ3n) is 3.45. The summed E-state index contributed by atoms with van der Waals surface area (Å²) in [7, 11) is 0. The molecule has 25 heavy (non-hydrogen) atoms. The molecule has 126 valence electrons. The van der Waals surface area contributed by atoms with E-state index in [-0.39, 0.29) is 18.3 Å². The zero-order valence-corrected chi connectivity index (χ0v) is 14.7. The van der Waals surface area contributed by atoms with Crippen LogP contribution in [0.5, 0.6) is 5.75 Å². The number of carbonyl (C=O) groups is 1. The van der Waals surface area contributed by atoms with E-state index in [4.69, 9.17) is 4.74 Å². The molecule has 0 aliphatic carbocycles. The van der Waals surface area contributed by atoms with Crippen molar-refractivity contribution in [2.45, 2.75) is 6.92 Å². The van der Waals surface area contributed by atoms with Gasteiger partial charge in [0.05, 0.1) is 25.4 Å². The first kappa shape index (κ1) is 15.9. The monoisotopic (exact) mass is 373 g/mol. The molecular formula is C17H12FN3O2S2. The first-order valence-electron chi connectivity index (χ1n) is 7.43. The summed E-state index contributed by atoms with van der Waals surface area (Å²) in [4.78, 5) is 20.9. The summed E-state index contributed by atoms with van der Waals surface area (Å²) in [5.74, 6) is -0.237. The highest BCUT2D eigenvalue weighted by molar-refractivity contribution is 7.28. The van der Waals surface area contributed by atoms with Crippen molar-refractivity contribution in [2.24, 2.45) is 0 Å². The predicted molar refractivity (Wildman–Crippen MR) is 98.1 cm³/mol. The van der Waals surface area contributed by atoms with Crippen molar-refractivity contribution in [1.82, 2.24) is 9.97 Å². The molecule has 0 unspecified atom stereocenters. The lowest BCUT2D eigenvalue weighted by atomic mass is 10.3. The maximum atomic E-state index is 12.8. The highest BCUT2D eigenvalue weighted by atomic mass is 32.1. The minimum absolute atomic E-state index is 0.170. The van der Waals surface area contributed by atoms with Gasteiger partial charge in [0.25, 0.3) is 5.91 Å². The van der Waals surface area contributed by atoms with Gasteiger partial charge in [-0.05, 0) is 43.3 Å². The van der Waals surface area contributed by atoms with Crippen LogP contribution >= 0.6 is 22.7 Å². The number of aromatic nitrogens is 2. The number of fused-ring (bicyclic) bond motifs is 3. The number of carbonyl (C=O) groups excluding carboxylic acids is 1. The summed E-state index contributed by atoms with van der Waals surface area (Å²) in [5, 5.41) is 4.25. The van der Waals surface area contributed by atoms with E-state index in [1.54, 1.807) is 11.3 Å². The van der Waals surface area contributed by atoms with Gasteiger partial charge >= 0.3 is 0 Å². The minimum atomic E-state index is -0.351. The predicted octanol–water partition coefficient (Wildman–Crippen LogP) is 4.37. The summed E-state index contributed by atoms with van der Waals surface area (Å²) in [6, 6.07) is 9.35. The molecule has 2 heterocycles. The number of anilines is 1. The van der Waals surface area contributed by atoms with Crippen LogP contribution in [0.3, 0.4) is 0 Å². The van der Waals surface area contributed by atoms with E-state index in [0.717, 1.165) is 25.4 Å². The third kappa shape index (κ3) is 3.31. The van der Waals surface area contributed by atoms with E-state index < -0.39 is 0 Å². The number of nitrogens with zero attached hydrogens (tertiary/aromatic N) is 2. The molecule has 1 N–H and O–H groups in total. The van der Waals surface area contributed by atoms with Gasteiger partial charge in [-0.1, -0.05) is 11.3 Å². The molecule has 0 aliphatic heterocycles. The number of nitrogens with one attached hydrogen (secondary N) is 1. The van der Waals surface area contributed by atoms with Crippen molar-refractivity contribution >= 4 is 54.1 Å². The van der Waals surface area contributed by atoms with Gasteiger partial charge in [-0.25, -0.2) is 14.4 Å². The van der Waals surface area contributed by atoms with Crippen LogP contribution < -0.4 is 10.1 Å². The van der Waals surface area contributed by atoms with Crippen LogP contribution in [0.25, 0.3) is 20.4 Å². The number of rotatable bonds is 4. The van der Waals surface area contributed by atoms with Crippen LogP contribution in [0.15, 0.2) is 36.4 Å². The van der Waals surface area contributed by atoms with E-state index in [2.05, 4.69) is 15.3 Å². The maximum absolute atomic E-state index is 12.8. The highest BCUT2D eigenvalue weighted by Crippen LogP contribution is 2.35. The summed E-state index contributed by atoms with van der Waals surface area (Å²) in [5.41, 5.74) is 1.77. The fourth-order valence-corrected chi connectivity index (χ4v) is 4.40. The molecule has 0 atom stereocenters. The van der Waals surface area contributed by atoms with Crippen LogP contribution in [-0.4, -0.2) is 22.5 Å². The Kier molecular flexibility index (Phi) is 4.06. The Morgan fingerprint density at radius 1 is 1.08 bits per heavy atom. The second-order valence-corrected chi connectivity index (χ2v) is 7.51. The lowest BCUT2D eigenvalue weighted by molar-refractivity contribution is -0.118. The molecule has 2 aromatic carbocycles. The number of hydrogen-bond acceptors (Lipinski definition) is 6.